The maximum absolute atomic E-state index is 13.0. The van der Waals surface area contributed by atoms with E-state index in [0.717, 1.165) is 35.0 Å². The topological polar surface area (TPSA) is 69.6 Å². The van der Waals surface area contributed by atoms with Crippen molar-refractivity contribution in [3.8, 4) is 0 Å². The average molecular weight is 436 g/mol. The molecule has 0 spiro atoms. The summed E-state index contributed by atoms with van der Waals surface area (Å²) in [6.45, 7) is 8.19. The van der Waals surface area contributed by atoms with E-state index in [9.17, 15) is 9.59 Å². The summed E-state index contributed by atoms with van der Waals surface area (Å²) in [5.41, 5.74) is 3.81. The summed E-state index contributed by atoms with van der Waals surface area (Å²) >= 11 is 0. The molecule has 4 rings (SSSR count). The first-order valence-electron chi connectivity index (χ1n) is 11.5. The molecule has 7 nitrogen and oxygen atoms in total. The SMILES string of the molecule is Cc1nc([C@H]2CCN(C(=O)c3ccc(N(C)C)cc3)C2)nc2c1CCC(=O)N2CC(C)C. The van der Waals surface area contributed by atoms with Crippen molar-refractivity contribution in [1.29, 1.82) is 0 Å². The van der Waals surface area contributed by atoms with Gasteiger partial charge in [0, 0.05) is 68.6 Å². The first-order chi connectivity index (χ1) is 15.2. The fourth-order valence-electron chi connectivity index (χ4n) is 4.58. The molecular weight excluding hydrogens is 402 g/mol. The molecule has 32 heavy (non-hydrogen) atoms. The van der Waals surface area contributed by atoms with Crippen molar-refractivity contribution in [2.45, 2.75) is 46.0 Å². The number of hydrogen-bond acceptors (Lipinski definition) is 5. The Morgan fingerprint density at radius 3 is 2.53 bits per heavy atom. The number of aromatic nitrogens is 2. The predicted octanol–water partition coefficient (Wildman–Crippen LogP) is 3.42. The van der Waals surface area contributed by atoms with E-state index in [0.29, 0.717) is 44.0 Å². The Morgan fingerprint density at radius 2 is 1.88 bits per heavy atom. The van der Waals surface area contributed by atoms with Crippen LogP contribution in [0.2, 0.25) is 0 Å². The minimum atomic E-state index is 0.0455. The van der Waals surface area contributed by atoms with Gasteiger partial charge in [0.1, 0.15) is 11.6 Å². The van der Waals surface area contributed by atoms with Crippen molar-refractivity contribution in [3.05, 3.63) is 46.9 Å². The summed E-state index contributed by atoms with van der Waals surface area (Å²) in [7, 11) is 3.97. The highest BCUT2D eigenvalue weighted by molar-refractivity contribution is 5.96. The Bertz CT molecular complexity index is 1020. The van der Waals surface area contributed by atoms with Gasteiger partial charge in [-0.25, -0.2) is 9.97 Å². The summed E-state index contributed by atoms with van der Waals surface area (Å²) in [6.07, 6.45) is 2.05. The van der Waals surface area contributed by atoms with E-state index in [1.54, 1.807) is 0 Å². The lowest BCUT2D eigenvalue weighted by molar-refractivity contribution is -0.119. The Morgan fingerprint density at radius 1 is 1.16 bits per heavy atom. The maximum Gasteiger partial charge on any atom is 0.253 e. The number of hydrogen-bond donors (Lipinski definition) is 0. The Kier molecular flexibility index (Phi) is 6.17. The van der Waals surface area contributed by atoms with E-state index in [1.165, 1.54) is 0 Å². The summed E-state index contributed by atoms with van der Waals surface area (Å²) in [4.78, 5) is 41.1. The number of likely N-dealkylation sites (tertiary alicyclic amines) is 1. The molecule has 2 aliphatic rings. The van der Waals surface area contributed by atoms with Crippen LogP contribution in [0.5, 0.6) is 0 Å². The van der Waals surface area contributed by atoms with Gasteiger partial charge in [-0.1, -0.05) is 13.8 Å². The Labute approximate surface area is 190 Å². The van der Waals surface area contributed by atoms with Crippen molar-refractivity contribution in [2.24, 2.45) is 5.92 Å². The smallest absolute Gasteiger partial charge is 0.253 e. The molecule has 0 bridgehead atoms. The predicted molar refractivity (Wildman–Crippen MR) is 126 cm³/mol. The molecule has 2 aromatic rings. The molecule has 0 aliphatic carbocycles. The van der Waals surface area contributed by atoms with Gasteiger partial charge in [-0.15, -0.1) is 0 Å². The minimum absolute atomic E-state index is 0.0455. The van der Waals surface area contributed by atoms with E-state index < -0.39 is 0 Å². The number of rotatable bonds is 5. The fourth-order valence-corrected chi connectivity index (χ4v) is 4.58. The molecule has 0 N–H and O–H groups in total. The molecular formula is C25H33N5O2. The molecule has 0 unspecified atom stereocenters. The van der Waals surface area contributed by atoms with Crippen LogP contribution in [-0.2, 0) is 11.2 Å². The van der Waals surface area contributed by atoms with Crippen LogP contribution in [0.25, 0.3) is 0 Å². The minimum Gasteiger partial charge on any atom is -0.378 e. The molecule has 3 heterocycles. The first-order valence-corrected chi connectivity index (χ1v) is 11.5. The Balaban J connectivity index is 1.54. The lowest BCUT2D eigenvalue weighted by Crippen LogP contribution is -2.39. The van der Waals surface area contributed by atoms with Gasteiger partial charge >= 0.3 is 0 Å². The van der Waals surface area contributed by atoms with Crippen LogP contribution in [0.1, 0.15) is 60.0 Å². The second-order valence-electron chi connectivity index (χ2n) is 9.55. The van der Waals surface area contributed by atoms with Crippen molar-refractivity contribution in [2.75, 3.05) is 43.5 Å². The van der Waals surface area contributed by atoms with Gasteiger partial charge in [0.25, 0.3) is 5.91 Å². The van der Waals surface area contributed by atoms with Crippen LogP contribution >= 0.6 is 0 Å². The number of carbonyl (C=O) groups excluding carboxylic acids is 2. The normalized spacial score (nSPS) is 18.3. The Hall–Kier alpha value is -2.96. The fraction of sp³-hybridized carbons (Fsp3) is 0.520. The molecule has 1 aromatic heterocycles. The molecule has 170 valence electrons. The monoisotopic (exact) mass is 435 g/mol. The first kappa shape index (κ1) is 22.2. The number of carbonyl (C=O) groups is 2. The van der Waals surface area contributed by atoms with Gasteiger partial charge < -0.3 is 9.80 Å². The summed E-state index contributed by atoms with van der Waals surface area (Å²) in [6, 6.07) is 7.72. The third-order valence-electron chi connectivity index (χ3n) is 6.37. The van der Waals surface area contributed by atoms with Crippen molar-refractivity contribution in [3.63, 3.8) is 0 Å². The highest BCUT2D eigenvalue weighted by Gasteiger charge is 2.33. The van der Waals surface area contributed by atoms with E-state index >= 15 is 0 Å². The van der Waals surface area contributed by atoms with Gasteiger partial charge in [0.2, 0.25) is 5.91 Å². The van der Waals surface area contributed by atoms with E-state index in [2.05, 4.69) is 13.8 Å². The molecule has 7 heteroatoms. The van der Waals surface area contributed by atoms with E-state index in [4.69, 9.17) is 9.97 Å². The van der Waals surface area contributed by atoms with Crippen molar-refractivity contribution in [1.82, 2.24) is 14.9 Å². The number of fused-ring (bicyclic) bond motifs is 1. The summed E-state index contributed by atoms with van der Waals surface area (Å²) in [5, 5.41) is 0. The third-order valence-corrected chi connectivity index (χ3v) is 6.37. The molecule has 1 aromatic carbocycles. The van der Waals surface area contributed by atoms with Crippen LogP contribution in [0, 0.1) is 12.8 Å². The lowest BCUT2D eigenvalue weighted by Gasteiger charge is -2.31. The number of amides is 2. The standard InChI is InChI=1S/C25H33N5O2/c1-16(2)14-30-22(31)11-10-21-17(3)26-23(27-24(21)30)19-12-13-29(15-19)25(32)18-6-8-20(9-7-18)28(4)5/h6-9,16,19H,10-15H2,1-5H3/t19-/m0/s1. The van der Waals surface area contributed by atoms with Gasteiger partial charge in [0.05, 0.1) is 0 Å². The maximum atomic E-state index is 13.0. The van der Waals surface area contributed by atoms with Crippen molar-refractivity contribution < 1.29 is 9.59 Å². The zero-order valence-electron chi connectivity index (χ0n) is 19.8. The number of anilines is 2. The third kappa shape index (κ3) is 4.33. The molecule has 1 atom stereocenters. The van der Waals surface area contributed by atoms with Crippen LogP contribution in [0.15, 0.2) is 24.3 Å². The quantitative estimate of drug-likeness (QED) is 0.720. The molecule has 0 saturated carbocycles. The van der Waals surface area contributed by atoms with E-state index in [1.807, 2.05) is 60.0 Å². The summed E-state index contributed by atoms with van der Waals surface area (Å²) in [5.74, 6) is 2.16. The van der Waals surface area contributed by atoms with Crippen LogP contribution in [0.4, 0.5) is 11.5 Å². The summed E-state index contributed by atoms with van der Waals surface area (Å²) < 4.78 is 0. The second kappa shape index (κ2) is 8.88. The van der Waals surface area contributed by atoms with Crippen LogP contribution in [0.3, 0.4) is 0 Å². The van der Waals surface area contributed by atoms with Crippen molar-refractivity contribution >= 4 is 23.3 Å². The zero-order valence-corrected chi connectivity index (χ0v) is 19.8. The van der Waals surface area contributed by atoms with Gasteiger partial charge in [-0.2, -0.15) is 0 Å². The molecule has 1 fully saturated rings. The highest BCUT2D eigenvalue weighted by atomic mass is 16.2. The molecule has 2 aliphatic heterocycles. The number of aryl methyl sites for hydroxylation is 1. The molecule has 0 radical (unpaired) electrons. The number of benzene rings is 1. The van der Waals surface area contributed by atoms with Crippen LogP contribution < -0.4 is 9.80 Å². The largest absolute Gasteiger partial charge is 0.378 e. The average Bonchev–Trinajstić information content (AvgIpc) is 3.25. The van der Waals surface area contributed by atoms with Crippen LogP contribution in [-0.4, -0.2) is 60.4 Å². The lowest BCUT2D eigenvalue weighted by atomic mass is 10.0. The van der Waals surface area contributed by atoms with Gasteiger partial charge in [-0.3, -0.25) is 14.5 Å². The van der Waals surface area contributed by atoms with Gasteiger partial charge in [0.15, 0.2) is 0 Å². The van der Waals surface area contributed by atoms with E-state index in [-0.39, 0.29) is 17.7 Å². The second-order valence-corrected chi connectivity index (χ2v) is 9.55. The van der Waals surface area contributed by atoms with Gasteiger partial charge in [-0.05, 0) is 49.9 Å². The highest BCUT2D eigenvalue weighted by Crippen LogP contribution is 2.33. The molecule has 1 saturated heterocycles. The number of nitrogens with zero attached hydrogens (tertiary/aromatic N) is 5. The zero-order chi connectivity index (χ0) is 23.0. The molecule has 2 amide bonds.